The Morgan fingerprint density at radius 1 is 0.542 bits per heavy atom. The van der Waals surface area contributed by atoms with E-state index >= 15 is 0 Å². The minimum atomic E-state index is 0.108. The van der Waals surface area contributed by atoms with Crippen LogP contribution in [0.2, 0.25) is 0 Å². The summed E-state index contributed by atoms with van der Waals surface area (Å²) in [6.07, 6.45) is 9.16. The Morgan fingerprint density at radius 2 is 0.938 bits per heavy atom. The van der Waals surface area contributed by atoms with E-state index in [9.17, 15) is 24.0 Å². The Morgan fingerprint density at radius 3 is 1.12 bits per heavy atom. The number of methoxy groups -OCH3 is 1. The van der Waals surface area contributed by atoms with Gasteiger partial charge in [0.1, 0.15) is 0 Å². The van der Waals surface area contributed by atoms with Crippen molar-refractivity contribution in [1.29, 1.82) is 0 Å². The summed E-state index contributed by atoms with van der Waals surface area (Å²) in [6.45, 7) is 22.0. The van der Waals surface area contributed by atoms with E-state index in [1.807, 2.05) is 27.7 Å². The van der Waals surface area contributed by atoms with E-state index in [4.69, 9.17) is 4.74 Å². The monoisotopic (exact) mass is 690 g/mol. The number of nitrogens with zero attached hydrogens (tertiary/aromatic N) is 5. The third-order valence-corrected chi connectivity index (χ3v) is 6.91. The molecule has 0 saturated heterocycles. The van der Waals surface area contributed by atoms with Crippen molar-refractivity contribution in [2.45, 2.75) is 127 Å². The van der Waals surface area contributed by atoms with Crippen molar-refractivity contribution >= 4 is 29.5 Å². The van der Waals surface area contributed by atoms with Crippen LogP contribution in [0.5, 0.6) is 0 Å². The quantitative estimate of drug-likeness (QED) is 0.180. The van der Waals surface area contributed by atoms with Crippen LogP contribution in [0, 0.1) is 5.92 Å². The maximum absolute atomic E-state index is 12.3. The molecule has 0 rings (SSSR count). The first kappa shape index (κ1) is 54.7. The van der Waals surface area contributed by atoms with Crippen molar-refractivity contribution in [1.82, 2.24) is 24.5 Å². The lowest BCUT2D eigenvalue weighted by Gasteiger charge is -2.26. The average molecular weight is 690 g/mol. The van der Waals surface area contributed by atoms with Crippen molar-refractivity contribution in [2.75, 3.05) is 82.2 Å². The second-order valence-corrected chi connectivity index (χ2v) is 12.0. The maximum Gasteiger partial charge on any atom is 0.225 e. The molecule has 11 nitrogen and oxygen atoms in total. The fourth-order valence-corrected chi connectivity index (χ4v) is 4.05. The topological polar surface area (TPSA) is 111 Å². The summed E-state index contributed by atoms with van der Waals surface area (Å²) < 4.78 is 4.72. The minimum Gasteiger partial charge on any atom is -0.384 e. The number of hydrogen-bond acceptors (Lipinski definition) is 6. The Bertz CT molecular complexity index is 756. The molecule has 0 heterocycles. The first-order chi connectivity index (χ1) is 22.5. The van der Waals surface area contributed by atoms with Gasteiger partial charge in [0.2, 0.25) is 29.5 Å². The van der Waals surface area contributed by atoms with Crippen molar-refractivity contribution < 1.29 is 28.7 Å². The van der Waals surface area contributed by atoms with Gasteiger partial charge in [0.05, 0.1) is 13.0 Å². The fourth-order valence-electron chi connectivity index (χ4n) is 4.05. The molecule has 0 N–H and O–H groups in total. The second-order valence-electron chi connectivity index (χ2n) is 12.0. The third kappa shape index (κ3) is 36.2. The van der Waals surface area contributed by atoms with E-state index in [2.05, 4.69) is 32.6 Å². The summed E-state index contributed by atoms with van der Waals surface area (Å²) in [7, 11) is 12.1. The largest absolute Gasteiger partial charge is 0.384 e. The standard InChI is InChI=1S/C14H29NO.C6H13NO2.2C6H13NO.C5H11NO/c1-5-9-13(10-6-2)14(16)15(11-7-3)12-8-4;1-7(2)6(8)4-5-9-3;1-4-5-6(8)7(2)3;1-4-7(5-2)6(3)8;1-4-5(7)6(2)3/h13H,5-12H2,1-4H3;4-5H2,1-3H3;2*4-5H2,1-3H3;4H2,1-3H3. The number of carbonyl (C=O) groups excluding carboxylic acids is 5. The number of amides is 5. The van der Waals surface area contributed by atoms with Crippen LogP contribution < -0.4 is 0 Å². The van der Waals surface area contributed by atoms with Crippen LogP contribution in [-0.2, 0) is 28.7 Å². The van der Waals surface area contributed by atoms with Gasteiger partial charge in [-0.25, -0.2) is 0 Å². The van der Waals surface area contributed by atoms with Crippen LogP contribution in [0.3, 0.4) is 0 Å². The van der Waals surface area contributed by atoms with E-state index in [1.54, 1.807) is 75.9 Å². The van der Waals surface area contributed by atoms with Gasteiger partial charge in [-0.2, -0.15) is 0 Å². The summed E-state index contributed by atoms with van der Waals surface area (Å²) in [5, 5.41) is 0. The SMILES string of the molecule is CCC(=O)N(C)C.CCCC(=O)N(C)C.CCCC(CCC)C(=O)N(CCC)CCC.CCN(CC)C(C)=O.COCCC(=O)N(C)C. The molecule has 0 unspecified atom stereocenters. The molecule has 0 saturated carbocycles. The lowest BCUT2D eigenvalue weighted by Crippen LogP contribution is -2.37. The molecule has 0 spiro atoms. The molecule has 5 amide bonds. The van der Waals surface area contributed by atoms with E-state index in [0.717, 1.165) is 71.1 Å². The van der Waals surface area contributed by atoms with Crippen molar-refractivity contribution in [3.63, 3.8) is 0 Å². The fraction of sp³-hybridized carbons (Fsp3) is 0.865. The van der Waals surface area contributed by atoms with Crippen LogP contribution in [0.1, 0.15) is 127 Å². The van der Waals surface area contributed by atoms with E-state index < -0.39 is 0 Å². The normalized spacial score (nSPS) is 9.52. The van der Waals surface area contributed by atoms with Gasteiger partial charge in [0, 0.05) is 101 Å². The zero-order chi connectivity index (χ0) is 38.7. The molecular weight excluding hydrogens is 610 g/mol. The summed E-state index contributed by atoms with van der Waals surface area (Å²) in [4.78, 5) is 63.3. The Hall–Kier alpha value is -2.69. The molecule has 0 aromatic rings. The third-order valence-electron chi connectivity index (χ3n) is 6.91. The molecule has 0 aromatic carbocycles. The lowest BCUT2D eigenvalue weighted by molar-refractivity contribution is -0.136. The molecule has 0 aliphatic carbocycles. The smallest absolute Gasteiger partial charge is 0.225 e. The summed E-state index contributed by atoms with van der Waals surface area (Å²) in [6, 6.07) is 0. The molecule has 0 radical (unpaired) electrons. The predicted molar refractivity (Wildman–Crippen MR) is 202 cm³/mol. The van der Waals surface area contributed by atoms with Crippen LogP contribution in [0.4, 0.5) is 0 Å². The zero-order valence-electron chi connectivity index (χ0n) is 34.4. The Balaban J connectivity index is -0.000000168. The van der Waals surface area contributed by atoms with Crippen molar-refractivity contribution in [2.24, 2.45) is 5.92 Å². The molecule has 48 heavy (non-hydrogen) atoms. The molecular formula is C37H79N5O6. The summed E-state index contributed by atoms with van der Waals surface area (Å²) in [5.41, 5.74) is 0. The Labute approximate surface area is 297 Å². The first-order valence-corrected chi connectivity index (χ1v) is 18.1. The van der Waals surface area contributed by atoms with Gasteiger partial charge in [-0.3, -0.25) is 24.0 Å². The highest BCUT2D eigenvalue weighted by molar-refractivity contribution is 5.79. The summed E-state index contributed by atoms with van der Waals surface area (Å²) >= 11 is 0. The van der Waals surface area contributed by atoms with Gasteiger partial charge < -0.3 is 29.2 Å². The van der Waals surface area contributed by atoms with Gasteiger partial charge in [0.25, 0.3) is 0 Å². The van der Waals surface area contributed by atoms with Gasteiger partial charge >= 0.3 is 0 Å². The van der Waals surface area contributed by atoms with Crippen LogP contribution in [-0.4, -0.2) is 136 Å². The zero-order valence-corrected chi connectivity index (χ0v) is 34.4. The van der Waals surface area contributed by atoms with Gasteiger partial charge in [-0.15, -0.1) is 0 Å². The van der Waals surface area contributed by atoms with E-state index in [-0.39, 0.29) is 29.5 Å². The molecule has 0 aliphatic rings. The second kappa shape index (κ2) is 38.8. The number of rotatable bonds is 17. The first-order valence-electron chi connectivity index (χ1n) is 18.1. The maximum atomic E-state index is 12.3. The predicted octanol–water partition coefficient (Wildman–Crippen LogP) is 6.20. The van der Waals surface area contributed by atoms with E-state index in [0.29, 0.717) is 31.8 Å². The molecule has 11 heteroatoms. The van der Waals surface area contributed by atoms with Crippen LogP contribution >= 0.6 is 0 Å². The van der Waals surface area contributed by atoms with Gasteiger partial charge in [-0.05, 0) is 46.0 Å². The van der Waals surface area contributed by atoms with Crippen LogP contribution in [0.15, 0.2) is 0 Å². The molecule has 0 fully saturated rings. The van der Waals surface area contributed by atoms with Gasteiger partial charge in [0.15, 0.2) is 0 Å². The van der Waals surface area contributed by atoms with E-state index in [1.165, 1.54) is 0 Å². The van der Waals surface area contributed by atoms with Gasteiger partial charge in [-0.1, -0.05) is 54.4 Å². The number of ether oxygens (including phenoxy) is 1. The minimum absolute atomic E-state index is 0.108. The van der Waals surface area contributed by atoms with Crippen LogP contribution in [0.25, 0.3) is 0 Å². The highest BCUT2D eigenvalue weighted by Crippen LogP contribution is 2.17. The van der Waals surface area contributed by atoms with Crippen molar-refractivity contribution in [3.8, 4) is 0 Å². The highest BCUT2D eigenvalue weighted by Gasteiger charge is 2.21. The molecule has 288 valence electrons. The lowest BCUT2D eigenvalue weighted by atomic mass is 9.96. The molecule has 0 aliphatic heterocycles. The van der Waals surface area contributed by atoms with Crippen molar-refractivity contribution in [3.05, 3.63) is 0 Å². The number of hydrogen-bond donors (Lipinski definition) is 0. The molecule has 0 aromatic heterocycles. The average Bonchev–Trinajstić information content (AvgIpc) is 3.04. The number of carbonyl (C=O) groups is 5. The summed E-state index contributed by atoms with van der Waals surface area (Å²) in [5.74, 6) is 1.33. The Kier molecular flexibility index (Phi) is 44.2. The molecule has 0 atom stereocenters. The molecule has 0 bridgehead atoms. The highest BCUT2D eigenvalue weighted by atomic mass is 16.5.